The first-order valence-corrected chi connectivity index (χ1v) is 6.56. The molecule has 1 unspecified atom stereocenters. The van der Waals surface area contributed by atoms with Gasteiger partial charge < -0.3 is 15.5 Å². The van der Waals surface area contributed by atoms with Crippen LogP contribution in [0, 0.1) is 5.92 Å². The summed E-state index contributed by atoms with van der Waals surface area (Å²) in [6.07, 6.45) is 3.83. The number of guanidine groups is 1. The molecule has 4 heterocycles. The minimum absolute atomic E-state index is 0.261. The maximum atomic E-state index is 6.06. The van der Waals surface area contributed by atoms with Gasteiger partial charge in [-0.1, -0.05) is 6.92 Å². The first kappa shape index (κ1) is 10.4. The lowest BCUT2D eigenvalue weighted by molar-refractivity contribution is -0.0286. The summed E-state index contributed by atoms with van der Waals surface area (Å²) in [5.41, 5.74) is 6.32. The summed E-state index contributed by atoms with van der Waals surface area (Å²) in [5.74, 6) is 1.60. The van der Waals surface area contributed by atoms with E-state index >= 15 is 0 Å². The Morgan fingerprint density at radius 2 is 2.19 bits per heavy atom. The van der Waals surface area contributed by atoms with Crippen molar-refractivity contribution >= 4 is 5.96 Å². The third kappa shape index (κ3) is 1.29. The second kappa shape index (κ2) is 3.62. The van der Waals surface area contributed by atoms with E-state index in [1.807, 2.05) is 0 Å². The number of hydrogen-bond acceptors (Lipinski definition) is 4. The van der Waals surface area contributed by atoms with Crippen molar-refractivity contribution < 1.29 is 0 Å². The lowest BCUT2D eigenvalue weighted by Gasteiger charge is -2.55. The average molecular weight is 222 g/mol. The summed E-state index contributed by atoms with van der Waals surface area (Å²) in [6.45, 7) is 7.97. The van der Waals surface area contributed by atoms with E-state index in [1.165, 1.54) is 32.5 Å². The fourth-order valence-corrected chi connectivity index (χ4v) is 3.81. The SMILES string of the molecule is CCCN1C(N)=NCC12CN1CCC2CC1. The van der Waals surface area contributed by atoms with E-state index in [-0.39, 0.29) is 5.54 Å². The van der Waals surface area contributed by atoms with Crippen molar-refractivity contribution in [3.05, 3.63) is 0 Å². The summed E-state index contributed by atoms with van der Waals surface area (Å²) in [4.78, 5) is 9.53. The van der Waals surface area contributed by atoms with Gasteiger partial charge in [0.25, 0.3) is 0 Å². The van der Waals surface area contributed by atoms with Crippen molar-refractivity contribution in [2.45, 2.75) is 31.7 Å². The van der Waals surface area contributed by atoms with Gasteiger partial charge in [-0.25, -0.2) is 0 Å². The number of nitrogens with two attached hydrogens (primary N) is 1. The molecule has 2 N–H and O–H groups in total. The smallest absolute Gasteiger partial charge is 0.191 e. The third-order valence-corrected chi connectivity index (χ3v) is 4.62. The predicted octanol–water partition coefficient (Wildman–Crippen LogP) is 0.491. The van der Waals surface area contributed by atoms with E-state index in [0.29, 0.717) is 0 Å². The molecular weight excluding hydrogens is 200 g/mol. The zero-order valence-electron chi connectivity index (χ0n) is 10.2. The van der Waals surface area contributed by atoms with E-state index < -0.39 is 0 Å². The zero-order chi connectivity index (χ0) is 11.2. The molecule has 0 aromatic heterocycles. The Bertz CT molecular complexity index is 306. The highest BCUT2D eigenvalue weighted by atomic mass is 15.4. The van der Waals surface area contributed by atoms with Gasteiger partial charge in [0.05, 0.1) is 12.1 Å². The van der Waals surface area contributed by atoms with E-state index in [1.54, 1.807) is 0 Å². The first-order chi connectivity index (χ1) is 7.76. The third-order valence-electron chi connectivity index (χ3n) is 4.62. The lowest BCUT2D eigenvalue weighted by Crippen LogP contribution is -2.68. The summed E-state index contributed by atoms with van der Waals surface area (Å²) in [7, 11) is 0. The molecule has 4 nitrogen and oxygen atoms in total. The molecule has 90 valence electrons. The second-order valence-electron chi connectivity index (χ2n) is 5.48. The fraction of sp³-hybridized carbons (Fsp3) is 0.917. The molecule has 0 radical (unpaired) electrons. The molecule has 4 aliphatic rings. The number of hydrogen-bond donors (Lipinski definition) is 1. The van der Waals surface area contributed by atoms with Crippen LogP contribution in [-0.2, 0) is 0 Å². The Hall–Kier alpha value is -0.770. The van der Waals surface area contributed by atoms with Crippen LogP contribution in [0.4, 0.5) is 0 Å². The Morgan fingerprint density at radius 1 is 1.44 bits per heavy atom. The van der Waals surface area contributed by atoms with Crippen LogP contribution < -0.4 is 5.73 Å². The maximum Gasteiger partial charge on any atom is 0.191 e. The van der Waals surface area contributed by atoms with Crippen LogP contribution in [0.1, 0.15) is 26.2 Å². The second-order valence-corrected chi connectivity index (χ2v) is 5.48. The molecule has 4 aliphatic heterocycles. The fourth-order valence-electron chi connectivity index (χ4n) is 3.81. The van der Waals surface area contributed by atoms with Crippen LogP contribution >= 0.6 is 0 Å². The lowest BCUT2D eigenvalue weighted by atomic mass is 9.72. The molecule has 0 aromatic carbocycles. The van der Waals surface area contributed by atoms with Crippen LogP contribution in [0.25, 0.3) is 0 Å². The van der Waals surface area contributed by atoms with Gasteiger partial charge in [0.2, 0.25) is 0 Å². The Labute approximate surface area is 97.5 Å². The van der Waals surface area contributed by atoms with Crippen molar-refractivity contribution in [1.29, 1.82) is 0 Å². The Morgan fingerprint density at radius 3 is 2.75 bits per heavy atom. The highest BCUT2D eigenvalue weighted by Crippen LogP contribution is 2.42. The van der Waals surface area contributed by atoms with Crippen LogP contribution in [-0.4, -0.2) is 54.0 Å². The number of fused-ring (bicyclic) bond motifs is 2. The van der Waals surface area contributed by atoms with Crippen LogP contribution in [0.3, 0.4) is 0 Å². The Balaban J connectivity index is 1.87. The molecule has 0 saturated carbocycles. The van der Waals surface area contributed by atoms with Crippen molar-refractivity contribution in [2.24, 2.45) is 16.6 Å². The molecule has 3 fully saturated rings. The van der Waals surface area contributed by atoms with Crippen molar-refractivity contribution in [3.63, 3.8) is 0 Å². The van der Waals surface area contributed by atoms with Crippen LogP contribution in [0.15, 0.2) is 4.99 Å². The average Bonchev–Trinajstić information content (AvgIpc) is 2.61. The Kier molecular flexibility index (Phi) is 2.35. The molecule has 3 saturated heterocycles. The maximum absolute atomic E-state index is 6.06. The first-order valence-electron chi connectivity index (χ1n) is 6.56. The predicted molar refractivity (Wildman–Crippen MR) is 65.4 cm³/mol. The van der Waals surface area contributed by atoms with Gasteiger partial charge in [-0.3, -0.25) is 4.99 Å². The van der Waals surface area contributed by atoms with Crippen LogP contribution in [0.5, 0.6) is 0 Å². The molecule has 0 amide bonds. The standard InChI is InChI=1S/C12H22N4/c1-2-5-16-11(13)14-8-12(16)9-15-6-3-10(12)4-7-15/h10H,2-9H2,1H3,(H2,13,14). The van der Waals surface area contributed by atoms with Crippen molar-refractivity contribution in [3.8, 4) is 0 Å². The molecule has 1 spiro atoms. The number of piperidine rings is 3. The van der Waals surface area contributed by atoms with E-state index in [4.69, 9.17) is 5.73 Å². The molecule has 16 heavy (non-hydrogen) atoms. The number of nitrogens with zero attached hydrogens (tertiary/aromatic N) is 3. The van der Waals surface area contributed by atoms with Crippen LogP contribution in [0.2, 0.25) is 0 Å². The molecule has 0 aliphatic carbocycles. The largest absolute Gasteiger partial charge is 0.370 e. The number of aliphatic imine (C=N–C) groups is 1. The van der Waals surface area contributed by atoms with E-state index in [9.17, 15) is 0 Å². The van der Waals surface area contributed by atoms with Gasteiger partial charge in [0.15, 0.2) is 5.96 Å². The minimum atomic E-state index is 0.261. The summed E-state index contributed by atoms with van der Waals surface area (Å²) >= 11 is 0. The highest BCUT2D eigenvalue weighted by molar-refractivity contribution is 5.81. The van der Waals surface area contributed by atoms with Gasteiger partial charge in [0.1, 0.15) is 0 Å². The molecule has 4 heteroatoms. The summed E-state index contributed by atoms with van der Waals surface area (Å²) in [6, 6.07) is 0. The van der Waals surface area contributed by atoms with Gasteiger partial charge in [0, 0.05) is 13.1 Å². The van der Waals surface area contributed by atoms with Gasteiger partial charge in [-0.2, -0.15) is 0 Å². The quantitative estimate of drug-likeness (QED) is 0.739. The van der Waals surface area contributed by atoms with E-state index in [0.717, 1.165) is 31.4 Å². The topological polar surface area (TPSA) is 44.9 Å². The highest BCUT2D eigenvalue weighted by Gasteiger charge is 2.53. The minimum Gasteiger partial charge on any atom is -0.370 e. The summed E-state index contributed by atoms with van der Waals surface area (Å²) < 4.78 is 0. The van der Waals surface area contributed by atoms with Gasteiger partial charge in [-0.05, 0) is 38.3 Å². The zero-order valence-corrected chi connectivity index (χ0v) is 10.2. The van der Waals surface area contributed by atoms with Gasteiger partial charge in [-0.15, -0.1) is 0 Å². The van der Waals surface area contributed by atoms with Gasteiger partial charge >= 0.3 is 0 Å². The van der Waals surface area contributed by atoms with E-state index in [2.05, 4.69) is 21.7 Å². The molecular formula is C12H22N4. The number of rotatable bonds is 2. The normalized spacial score (nSPS) is 41.8. The molecule has 2 bridgehead atoms. The van der Waals surface area contributed by atoms with Crippen molar-refractivity contribution in [2.75, 3.05) is 32.7 Å². The molecule has 4 rings (SSSR count). The molecule has 1 atom stereocenters. The summed E-state index contributed by atoms with van der Waals surface area (Å²) in [5, 5.41) is 0. The molecule has 0 aromatic rings. The van der Waals surface area contributed by atoms with Crippen molar-refractivity contribution in [1.82, 2.24) is 9.80 Å². The monoisotopic (exact) mass is 222 g/mol.